The van der Waals surface area contributed by atoms with Crippen LogP contribution in [0.4, 0.5) is 35.3 Å². The Morgan fingerprint density at radius 3 is 2.16 bits per heavy atom. The van der Waals surface area contributed by atoms with Gasteiger partial charge < -0.3 is 20.0 Å². The number of anilines is 3. The summed E-state index contributed by atoms with van der Waals surface area (Å²) in [4.78, 5) is 27.1. The molecule has 1 N–H and O–H groups in total. The molecule has 0 radical (unpaired) electrons. The molecular formula is C20H22ClF3N6O. The molecule has 0 saturated carbocycles. The van der Waals surface area contributed by atoms with Crippen LogP contribution in [0.25, 0.3) is 0 Å². The number of benzene rings is 1. The maximum Gasteiger partial charge on any atom is 0.417 e. The van der Waals surface area contributed by atoms with Gasteiger partial charge in [-0.25, -0.2) is 14.8 Å². The van der Waals surface area contributed by atoms with E-state index in [0.29, 0.717) is 26.2 Å². The Morgan fingerprint density at radius 2 is 1.55 bits per heavy atom. The molecule has 7 nitrogen and oxygen atoms in total. The number of nitrogens with zero attached hydrogens (tertiary/aromatic N) is 5. The molecule has 1 aromatic heterocycles. The van der Waals surface area contributed by atoms with Gasteiger partial charge in [-0.1, -0.05) is 11.6 Å². The second kappa shape index (κ2) is 8.78. The second-order valence-electron chi connectivity index (χ2n) is 7.53. The fraction of sp³-hybridized carbons (Fsp3) is 0.450. The zero-order chi connectivity index (χ0) is 22.0. The van der Waals surface area contributed by atoms with Crippen LogP contribution in [0.15, 0.2) is 30.6 Å². The van der Waals surface area contributed by atoms with Crippen molar-refractivity contribution in [1.82, 2.24) is 14.9 Å². The van der Waals surface area contributed by atoms with Crippen molar-refractivity contribution < 1.29 is 18.0 Å². The van der Waals surface area contributed by atoms with E-state index in [1.165, 1.54) is 6.07 Å². The molecule has 4 rings (SSSR count). The Bertz CT molecular complexity index is 943. The molecule has 31 heavy (non-hydrogen) atoms. The van der Waals surface area contributed by atoms with Gasteiger partial charge in [-0.3, -0.25) is 0 Å². The summed E-state index contributed by atoms with van der Waals surface area (Å²) < 4.78 is 39.1. The van der Waals surface area contributed by atoms with E-state index in [2.05, 4.69) is 25.1 Å². The van der Waals surface area contributed by atoms with Gasteiger partial charge in [0.15, 0.2) is 0 Å². The van der Waals surface area contributed by atoms with Crippen molar-refractivity contribution in [2.45, 2.75) is 19.0 Å². The van der Waals surface area contributed by atoms with Crippen LogP contribution in [0.2, 0.25) is 5.02 Å². The molecule has 2 aliphatic heterocycles. The normalized spacial score (nSPS) is 17.2. The van der Waals surface area contributed by atoms with Crippen LogP contribution in [-0.2, 0) is 6.18 Å². The van der Waals surface area contributed by atoms with Crippen molar-refractivity contribution in [3.8, 4) is 0 Å². The largest absolute Gasteiger partial charge is 0.417 e. The molecule has 0 spiro atoms. The van der Waals surface area contributed by atoms with Gasteiger partial charge in [-0.05, 0) is 31.0 Å². The van der Waals surface area contributed by atoms with Crippen molar-refractivity contribution >= 4 is 35.0 Å². The average Bonchev–Trinajstić information content (AvgIpc) is 3.29. The first-order chi connectivity index (χ1) is 14.8. The number of piperazine rings is 1. The maximum absolute atomic E-state index is 13.0. The summed E-state index contributed by atoms with van der Waals surface area (Å²) in [6.07, 6.45) is -0.716. The van der Waals surface area contributed by atoms with Crippen molar-refractivity contribution in [2.75, 3.05) is 54.4 Å². The lowest BCUT2D eigenvalue weighted by atomic mass is 10.2. The molecule has 2 fully saturated rings. The summed E-state index contributed by atoms with van der Waals surface area (Å²) in [5.74, 6) is 1.72. The monoisotopic (exact) mass is 454 g/mol. The van der Waals surface area contributed by atoms with E-state index >= 15 is 0 Å². The molecule has 2 amide bonds. The van der Waals surface area contributed by atoms with Crippen molar-refractivity contribution in [1.29, 1.82) is 0 Å². The van der Waals surface area contributed by atoms with Crippen LogP contribution in [-0.4, -0.2) is 60.2 Å². The number of amides is 2. The van der Waals surface area contributed by atoms with Crippen LogP contribution in [0.3, 0.4) is 0 Å². The number of hydrogen-bond donors (Lipinski definition) is 1. The molecule has 1 aromatic carbocycles. The summed E-state index contributed by atoms with van der Waals surface area (Å²) in [6.45, 7) is 3.97. The number of alkyl halides is 3. The number of aromatic nitrogens is 2. The number of halogens is 4. The molecule has 0 aliphatic carbocycles. The van der Waals surface area contributed by atoms with Gasteiger partial charge in [0.25, 0.3) is 0 Å². The Labute approximate surface area is 182 Å². The molecule has 2 aromatic rings. The highest BCUT2D eigenvalue weighted by Crippen LogP contribution is 2.36. The molecule has 11 heteroatoms. The molecular weight excluding hydrogens is 433 g/mol. The minimum Gasteiger partial charge on any atom is -0.356 e. The van der Waals surface area contributed by atoms with Gasteiger partial charge >= 0.3 is 12.2 Å². The fourth-order valence-electron chi connectivity index (χ4n) is 3.79. The summed E-state index contributed by atoms with van der Waals surface area (Å²) in [5, 5.41) is 2.12. The summed E-state index contributed by atoms with van der Waals surface area (Å²) in [7, 11) is 0. The minimum atomic E-state index is -4.59. The highest BCUT2D eigenvalue weighted by atomic mass is 35.5. The minimum absolute atomic E-state index is 0.0511. The quantitative estimate of drug-likeness (QED) is 0.756. The molecule has 0 bridgehead atoms. The molecule has 2 saturated heterocycles. The third-order valence-electron chi connectivity index (χ3n) is 5.48. The van der Waals surface area contributed by atoms with E-state index in [1.807, 2.05) is 6.07 Å². The zero-order valence-electron chi connectivity index (χ0n) is 16.7. The van der Waals surface area contributed by atoms with Crippen molar-refractivity contribution in [3.05, 3.63) is 41.2 Å². The van der Waals surface area contributed by atoms with E-state index in [0.717, 1.165) is 49.7 Å². The van der Waals surface area contributed by atoms with Gasteiger partial charge in [-0.15, -0.1) is 0 Å². The Morgan fingerprint density at radius 1 is 0.935 bits per heavy atom. The van der Waals surface area contributed by atoms with Crippen LogP contribution in [0.5, 0.6) is 0 Å². The van der Waals surface area contributed by atoms with Crippen LogP contribution in [0.1, 0.15) is 18.4 Å². The number of carbonyl (C=O) groups excluding carboxylic acids is 1. The third-order valence-corrected chi connectivity index (χ3v) is 5.81. The topological polar surface area (TPSA) is 64.6 Å². The molecule has 0 atom stereocenters. The predicted octanol–water partition coefficient (Wildman–Crippen LogP) is 4.10. The van der Waals surface area contributed by atoms with Gasteiger partial charge in [0.2, 0.25) is 0 Å². The Kier molecular flexibility index (Phi) is 6.08. The van der Waals surface area contributed by atoms with E-state index in [-0.39, 0.29) is 5.69 Å². The van der Waals surface area contributed by atoms with Crippen LogP contribution >= 0.6 is 11.6 Å². The van der Waals surface area contributed by atoms with Gasteiger partial charge in [0, 0.05) is 51.0 Å². The van der Waals surface area contributed by atoms with E-state index in [1.54, 1.807) is 11.2 Å². The summed E-state index contributed by atoms with van der Waals surface area (Å²) in [6, 6.07) is 4.85. The van der Waals surface area contributed by atoms with E-state index in [4.69, 9.17) is 11.6 Å². The van der Waals surface area contributed by atoms with Crippen LogP contribution < -0.4 is 15.1 Å². The summed E-state index contributed by atoms with van der Waals surface area (Å²) >= 11 is 5.63. The standard InChI is InChI=1S/C20H22ClF3N6O/c21-16-4-3-14(11-15(16)20(22,23)24)27-19(31)30-9-7-29(8-10-30)18-12-17(25-13-26-18)28-5-1-2-6-28/h3-4,11-13H,1-2,5-10H2,(H,27,31). The maximum atomic E-state index is 13.0. The molecule has 0 unspecified atom stereocenters. The molecule has 2 aliphatic rings. The third kappa shape index (κ3) is 4.95. The average molecular weight is 455 g/mol. The number of hydrogen-bond acceptors (Lipinski definition) is 5. The predicted molar refractivity (Wildman–Crippen MR) is 113 cm³/mol. The lowest BCUT2D eigenvalue weighted by molar-refractivity contribution is -0.137. The summed E-state index contributed by atoms with van der Waals surface area (Å²) in [5.41, 5.74) is -0.926. The number of nitrogens with one attached hydrogen (secondary N) is 1. The fourth-order valence-corrected chi connectivity index (χ4v) is 4.02. The second-order valence-corrected chi connectivity index (χ2v) is 7.93. The first-order valence-electron chi connectivity index (χ1n) is 10.1. The van der Waals surface area contributed by atoms with Crippen molar-refractivity contribution in [3.63, 3.8) is 0 Å². The van der Waals surface area contributed by atoms with Gasteiger partial charge in [-0.2, -0.15) is 13.2 Å². The number of urea groups is 1. The number of carbonyl (C=O) groups is 1. The van der Waals surface area contributed by atoms with E-state index < -0.39 is 22.8 Å². The van der Waals surface area contributed by atoms with E-state index in [9.17, 15) is 18.0 Å². The molecule has 166 valence electrons. The molecule has 3 heterocycles. The highest BCUT2D eigenvalue weighted by Gasteiger charge is 2.33. The van der Waals surface area contributed by atoms with Gasteiger partial charge in [0.1, 0.15) is 18.0 Å². The Balaban J connectivity index is 1.36. The number of rotatable bonds is 3. The Hall–Kier alpha value is -2.75. The first kappa shape index (κ1) is 21.5. The SMILES string of the molecule is O=C(Nc1ccc(Cl)c(C(F)(F)F)c1)N1CCN(c2cc(N3CCCC3)ncn2)CC1. The smallest absolute Gasteiger partial charge is 0.356 e. The van der Waals surface area contributed by atoms with Crippen LogP contribution in [0, 0.1) is 0 Å². The lowest BCUT2D eigenvalue weighted by Crippen LogP contribution is -2.50. The first-order valence-corrected chi connectivity index (χ1v) is 10.4. The van der Waals surface area contributed by atoms with Gasteiger partial charge in [0.05, 0.1) is 10.6 Å². The highest BCUT2D eigenvalue weighted by molar-refractivity contribution is 6.31. The lowest BCUT2D eigenvalue weighted by Gasteiger charge is -2.35. The zero-order valence-corrected chi connectivity index (χ0v) is 17.5. The van der Waals surface area contributed by atoms with Crippen molar-refractivity contribution in [2.24, 2.45) is 0 Å².